The molecule has 4 aliphatic rings. The van der Waals surface area contributed by atoms with E-state index in [1.807, 2.05) is 73.2 Å². The smallest absolute Gasteiger partial charge is 0.161 e. The molecule has 2 unspecified atom stereocenters. The topological polar surface area (TPSA) is 55.1 Å². The van der Waals surface area contributed by atoms with Gasteiger partial charge in [-0.1, -0.05) is 103 Å². The molecule has 4 fully saturated rings. The van der Waals surface area contributed by atoms with E-state index < -0.39 is 16.8 Å². The highest BCUT2D eigenvalue weighted by Gasteiger charge is 2.57. The van der Waals surface area contributed by atoms with Gasteiger partial charge >= 0.3 is 0 Å². The van der Waals surface area contributed by atoms with Crippen LogP contribution in [-0.2, 0) is 10.3 Å². The summed E-state index contributed by atoms with van der Waals surface area (Å²) in [6, 6.07) is 36.1. The van der Waals surface area contributed by atoms with Crippen molar-refractivity contribution in [1.82, 2.24) is 9.55 Å². The predicted molar refractivity (Wildman–Crippen MR) is 178 cm³/mol. The maximum atomic E-state index is 15.6. The minimum atomic E-state index is -0.739. The van der Waals surface area contributed by atoms with Gasteiger partial charge in [0.15, 0.2) is 5.78 Å². The molecule has 1 N–H and O–H groups in total. The van der Waals surface area contributed by atoms with Crippen molar-refractivity contribution < 1.29 is 14.3 Å². The van der Waals surface area contributed by atoms with E-state index in [9.17, 15) is 9.90 Å². The zero-order chi connectivity index (χ0) is 31.3. The molecular weight excluding hydrogens is 571 g/mol. The van der Waals surface area contributed by atoms with E-state index in [-0.39, 0.29) is 23.7 Å². The van der Waals surface area contributed by atoms with E-state index in [2.05, 4.69) is 41.0 Å². The number of nitrogens with zero attached hydrogens (tertiary/aromatic N) is 2. The van der Waals surface area contributed by atoms with Gasteiger partial charge in [0.1, 0.15) is 11.4 Å². The van der Waals surface area contributed by atoms with E-state index in [0.717, 1.165) is 48.8 Å². The van der Waals surface area contributed by atoms with Crippen LogP contribution in [0.4, 0.5) is 4.39 Å². The Morgan fingerprint density at radius 2 is 1.37 bits per heavy atom. The molecular formula is C41H37FN2O2. The molecule has 9 rings (SSSR count). The Balaban J connectivity index is 1.21. The van der Waals surface area contributed by atoms with Crippen LogP contribution in [0, 0.1) is 29.0 Å². The molecule has 2 atom stereocenters. The van der Waals surface area contributed by atoms with Gasteiger partial charge in [0.05, 0.1) is 18.1 Å². The lowest BCUT2D eigenvalue weighted by Gasteiger charge is -2.57. The standard InChI is InChI=1S/C41H37FN2O2/c42-36-18-10-17-35(34(36)19-20-38(45)40-23-28-21-29(24-40)39(46)30(22-28)25-40)37-26-44(27-43-37)41(31-11-4-1-5-12-31,32-13-6-2-7-14-32)33-15-8-3-9-16-33/h1-20,26-30,39,46H,21-25H2/b20-19+. The number of aromatic nitrogens is 2. The molecule has 4 nitrogen and oxygen atoms in total. The summed E-state index contributed by atoms with van der Waals surface area (Å²) in [5.74, 6) is 0.587. The number of aliphatic hydroxyl groups is 1. The highest BCUT2D eigenvalue weighted by Crippen LogP contribution is 2.60. The van der Waals surface area contributed by atoms with Crippen LogP contribution in [0.1, 0.15) is 54.4 Å². The quantitative estimate of drug-likeness (QED) is 0.142. The zero-order valence-corrected chi connectivity index (χ0v) is 25.7. The first-order valence-electron chi connectivity index (χ1n) is 16.4. The molecule has 1 aromatic heterocycles. The molecule has 4 bridgehead atoms. The fourth-order valence-corrected chi connectivity index (χ4v) is 9.20. The number of carbonyl (C=O) groups excluding carboxylic acids is 1. The molecule has 4 aromatic carbocycles. The normalized spacial score (nSPS) is 25.3. The first-order chi connectivity index (χ1) is 22.5. The average Bonchev–Trinajstić information content (AvgIpc) is 3.58. The lowest BCUT2D eigenvalue weighted by atomic mass is 9.47. The summed E-state index contributed by atoms with van der Waals surface area (Å²) >= 11 is 0. The Morgan fingerprint density at radius 3 is 1.93 bits per heavy atom. The zero-order valence-electron chi connectivity index (χ0n) is 25.7. The number of carbonyl (C=O) groups is 1. The monoisotopic (exact) mass is 608 g/mol. The van der Waals surface area contributed by atoms with Crippen molar-refractivity contribution in [3.8, 4) is 11.3 Å². The molecule has 0 saturated heterocycles. The van der Waals surface area contributed by atoms with Crippen molar-refractivity contribution >= 4 is 11.9 Å². The molecule has 5 aromatic rings. The van der Waals surface area contributed by atoms with Crippen LogP contribution in [0.5, 0.6) is 0 Å². The van der Waals surface area contributed by atoms with Crippen molar-refractivity contribution in [3.63, 3.8) is 0 Å². The number of rotatable bonds is 8. The fraction of sp³-hybridized carbons (Fsp3) is 0.268. The average molecular weight is 609 g/mol. The lowest BCUT2D eigenvalue weighted by Crippen LogP contribution is -2.55. The Hall–Kier alpha value is -4.61. The summed E-state index contributed by atoms with van der Waals surface area (Å²) in [6.07, 6.45) is 11.2. The summed E-state index contributed by atoms with van der Waals surface area (Å²) in [7, 11) is 0. The second kappa shape index (κ2) is 11.3. The highest BCUT2D eigenvalue weighted by atomic mass is 19.1. The van der Waals surface area contributed by atoms with Crippen molar-refractivity contribution in [1.29, 1.82) is 0 Å². The molecule has 4 aliphatic carbocycles. The van der Waals surface area contributed by atoms with Crippen LogP contribution in [0.15, 0.2) is 128 Å². The first kappa shape index (κ1) is 28.8. The lowest BCUT2D eigenvalue weighted by molar-refractivity contribution is -0.156. The Bertz CT molecular complexity index is 1790. The third kappa shape index (κ3) is 4.60. The van der Waals surface area contributed by atoms with Crippen molar-refractivity contribution in [2.24, 2.45) is 23.2 Å². The molecule has 0 spiro atoms. The molecule has 0 aliphatic heterocycles. The second-order valence-corrected chi connectivity index (χ2v) is 13.6. The van der Waals surface area contributed by atoms with Gasteiger partial charge in [-0.3, -0.25) is 4.79 Å². The molecule has 5 heteroatoms. The molecule has 230 valence electrons. The van der Waals surface area contributed by atoms with E-state index >= 15 is 4.39 Å². The molecule has 0 amide bonds. The summed E-state index contributed by atoms with van der Waals surface area (Å²) < 4.78 is 17.7. The third-order valence-corrected chi connectivity index (χ3v) is 11.0. The van der Waals surface area contributed by atoms with Crippen LogP contribution in [0.25, 0.3) is 17.3 Å². The van der Waals surface area contributed by atoms with Gasteiger partial charge in [-0.05, 0) is 84.8 Å². The molecule has 46 heavy (non-hydrogen) atoms. The summed E-state index contributed by atoms with van der Waals surface area (Å²) in [5.41, 5.74) is 3.65. The van der Waals surface area contributed by atoms with Crippen LogP contribution < -0.4 is 0 Å². The Kier molecular flexibility index (Phi) is 7.10. The van der Waals surface area contributed by atoms with E-state index in [0.29, 0.717) is 22.7 Å². The van der Waals surface area contributed by atoms with Crippen LogP contribution in [0.3, 0.4) is 0 Å². The highest BCUT2D eigenvalue weighted by molar-refractivity contribution is 5.99. The number of hydrogen-bond donors (Lipinski definition) is 1. The SMILES string of the molecule is O=C(/C=C/c1c(F)cccc1-c1cn(C(c2ccccc2)(c2ccccc2)c2ccccc2)cn1)C12CC3CC(C1)C(O)C(C3)C2. The summed E-state index contributed by atoms with van der Waals surface area (Å²) in [4.78, 5) is 18.7. The number of hydrogen-bond acceptors (Lipinski definition) is 3. The van der Waals surface area contributed by atoms with E-state index in [1.165, 1.54) is 6.07 Å². The van der Waals surface area contributed by atoms with Crippen molar-refractivity contribution in [2.45, 2.75) is 43.7 Å². The van der Waals surface area contributed by atoms with Gasteiger partial charge in [-0.2, -0.15) is 0 Å². The van der Waals surface area contributed by atoms with Crippen LogP contribution in [0.2, 0.25) is 0 Å². The maximum absolute atomic E-state index is 15.6. The number of halogens is 1. The van der Waals surface area contributed by atoms with Crippen molar-refractivity contribution in [2.75, 3.05) is 0 Å². The van der Waals surface area contributed by atoms with Gasteiger partial charge in [-0.25, -0.2) is 9.37 Å². The van der Waals surface area contributed by atoms with Gasteiger partial charge in [0.25, 0.3) is 0 Å². The number of benzene rings is 4. The predicted octanol–water partition coefficient (Wildman–Crippen LogP) is 8.30. The fourth-order valence-electron chi connectivity index (χ4n) is 9.20. The Morgan fingerprint density at radius 1 is 0.804 bits per heavy atom. The molecule has 0 radical (unpaired) electrons. The summed E-state index contributed by atoms with van der Waals surface area (Å²) in [6.45, 7) is 0. The minimum absolute atomic E-state index is 0.0646. The van der Waals surface area contributed by atoms with Gasteiger partial charge in [0.2, 0.25) is 0 Å². The maximum Gasteiger partial charge on any atom is 0.161 e. The van der Waals surface area contributed by atoms with Crippen LogP contribution >= 0.6 is 0 Å². The number of aliphatic hydroxyl groups excluding tert-OH is 1. The molecule has 1 heterocycles. The molecule has 4 saturated carbocycles. The minimum Gasteiger partial charge on any atom is -0.393 e. The van der Waals surface area contributed by atoms with E-state index in [4.69, 9.17) is 4.98 Å². The van der Waals surface area contributed by atoms with E-state index in [1.54, 1.807) is 18.2 Å². The van der Waals surface area contributed by atoms with Gasteiger partial charge < -0.3 is 9.67 Å². The van der Waals surface area contributed by atoms with Gasteiger partial charge in [-0.15, -0.1) is 0 Å². The first-order valence-corrected chi connectivity index (χ1v) is 16.4. The number of ketones is 1. The largest absolute Gasteiger partial charge is 0.393 e. The van der Waals surface area contributed by atoms with Gasteiger partial charge in [0, 0.05) is 22.7 Å². The third-order valence-electron chi connectivity index (χ3n) is 11.0. The number of allylic oxidation sites excluding steroid dienone is 1. The Labute approximate surface area is 269 Å². The number of imidazole rings is 1. The summed E-state index contributed by atoms with van der Waals surface area (Å²) in [5, 5.41) is 10.7. The van der Waals surface area contributed by atoms with Crippen LogP contribution in [-0.4, -0.2) is 26.5 Å². The second-order valence-electron chi connectivity index (χ2n) is 13.6. The van der Waals surface area contributed by atoms with Crippen molar-refractivity contribution in [3.05, 3.63) is 156 Å².